The van der Waals surface area contributed by atoms with E-state index in [1.807, 2.05) is 48.5 Å². The number of aromatic nitrogens is 2. The molecule has 0 aliphatic heterocycles. The number of hydrogen-bond donors (Lipinski definition) is 1. The number of fused-ring (bicyclic) bond motifs is 1. The molecule has 1 N–H and O–H groups in total. The van der Waals surface area contributed by atoms with E-state index in [9.17, 15) is 4.79 Å². The molecule has 4 rings (SSSR count). The van der Waals surface area contributed by atoms with E-state index in [4.69, 9.17) is 4.74 Å². The van der Waals surface area contributed by atoms with Crippen LogP contribution >= 0.6 is 0 Å². The number of carbonyl (C=O) groups excluding carboxylic acids is 1. The first kappa shape index (κ1) is 15.6. The van der Waals surface area contributed by atoms with Crippen LogP contribution in [-0.4, -0.2) is 23.0 Å². The number of carbonyl (C=O) groups is 1. The number of ether oxygens (including phenoxy) is 1. The zero-order valence-electron chi connectivity index (χ0n) is 14.0. The highest BCUT2D eigenvalue weighted by atomic mass is 16.5. The van der Waals surface area contributed by atoms with Gasteiger partial charge in [-0.05, 0) is 48.6 Å². The average molecular weight is 333 g/mol. The third kappa shape index (κ3) is 3.31. The molecule has 0 saturated heterocycles. The Labute approximate surface area is 146 Å². The standard InChI is InChI=1S/C20H19N3O2/c1-25-15-10-8-14(9-11-15)19(13-6-7-13)23-20(24)18-12-21-16-4-2-3-5-17(16)22-18/h2-5,8-13,19H,6-7H2,1H3,(H,23,24). The molecule has 1 aromatic heterocycles. The van der Waals surface area contributed by atoms with Crippen molar-refractivity contribution in [2.75, 3.05) is 7.11 Å². The highest BCUT2D eigenvalue weighted by molar-refractivity contribution is 5.94. The van der Waals surface area contributed by atoms with Crippen LogP contribution < -0.4 is 10.1 Å². The second-order valence-corrected chi connectivity index (χ2v) is 6.31. The zero-order valence-corrected chi connectivity index (χ0v) is 14.0. The zero-order chi connectivity index (χ0) is 17.2. The Kier molecular flexibility index (Phi) is 4.06. The molecule has 1 fully saturated rings. The minimum absolute atomic E-state index is 0.00771. The van der Waals surface area contributed by atoms with Crippen LogP contribution in [0.4, 0.5) is 0 Å². The number of benzene rings is 2. The second-order valence-electron chi connectivity index (χ2n) is 6.31. The van der Waals surface area contributed by atoms with Crippen molar-refractivity contribution >= 4 is 16.9 Å². The fraction of sp³-hybridized carbons (Fsp3) is 0.250. The largest absolute Gasteiger partial charge is 0.497 e. The van der Waals surface area contributed by atoms with E-state index in [-0.39, 0.29) is 11.9 Å². The molecule has 3 aromatic rings. The fourth-order valence-corrected chi connectivity index (χ4v) is 3.00. The summed E-state index contributed by atoms with van der Waals surface area (Å²) in [5.74, 6) is 1.10. The Morgan fingerprint density at radius 2 is 1.84 bits per heavy atom. The van der Waals surface area contributed by atoms with Crippen LogP contribution in [-0.2, 0) is 0 Å². The first-order valence-electron chi connectivity index (χ1n) is 8.41. The molecule has 1 saturated carbocycles. The van der Waals surface area contributed by atoms with Gasteiger partial charge in [0.1, 0.15) is 11.4 Å². The van der Waals surface area contributed by atoms with Gasteiger partial charge in [-0.2, -0.15) is 0 Å². The normalized spacial score (nSPS) is 14.9. The highest BCUT2D eigenvalue weighted by Gasteiger charge is 2.33. The van der Waals surface area contributed by atoms with Crippen LogP contribution in [0.5, 0.6) is 5.75 Å². The van der Waals surface area contributed by atoms with Gasteiger partial charge >= 0.3 is 0 Å². The van der Waals surface area contributed by atoms with Gasteiger partial charge in [-0.25, -0.2) is 4.98 Å². The summed E-state index contributed by atoms with van der Waals surface area (Å²) in [4.78, 5) is 21.4. The van der Waals surface area contributed by atoms with Gasteiger partial charge in [0.2, 0.25) is 0 Å². The molecule has 2 aromatic carbocycles. The van der Waals surface area contributed by atoms with E-state index in [0.717, 1.165) is 35.2 Å². The number of nitrogens with one attached hydrogen (secondary N) is 1. The molecule has 1 amide bonds. The molecule has 0 bridgehead atoms. The lowest BCUT2D eigenvalue weighted by Gasteiger charge is -2.19. The van der Waals surface area contributed by atoms with Gasteiger partial charge < -0.3 is 10.1 Å². The molecular weight excluding hydrogens is 314 g/mol. The number of hydrogen-bond acceptors (Lipinski definition) is 4. The molecule has 126 valence electrons. The summed E-state index contributed by atoms with van der Waals surface area (Å²) in [6.45, 7) is 0. The molecule has 25 heavy (non-hydrogen) atoms. The van der Waals surface area contributed by atoms with Crippen LogP contribution in [0.3, 0.4) is 0 Å². The van der Waals surface area contributed by atoms with Crippen molar-refractivity contribution in [2.45, 2.75) is 18.9 Å². The summed E-state index contributed by atoms with van der Waals surface area (Å²) in [5.41, 5.74) is 2.94. The summed E-state index contributed by atoms with van der Waals surface area (Å²) in [6.07, 6.45) is 3.79. The molecule has 5 heteroatoms. The van der Waals surface area contributed by atoms with Gasteiger partial charge in [0, 0.05) is 0 Å². The Hall–Kier alpha value is -2.95. The van der Waals surface area contributed by atoms with E-state index < -0.39 is 0 Å². The topological polar surface area (TPSA) is 64.1 Å². The van der Waals surface area contributed by atoms with E-state index in [0.29, 0.717) is 11.6 Å². The summed E-state index contributed by atoms with van der Waals surface area (Å²) < 4.78 is 5.21. The van der Waals surface area contributed by atoms with Crippen LogP contribution in [0.1, 0.15) is 34.9 Å². The van der Waals surface area contributed by atoms with E-state index in [1.54, 1.807) is 7.11 Å². The van der Waals surface area contributed by atoms with E-state index in [2.05, 4.69) is 15.3 Å². The number of nitrogens with zero attached hydrogens (tertiary/aromatic N) is 2. The highest BCUT2D eigenvalue weighted by Crippen LogP contribution is 2.41. The van der Waals surface area contributed by atoms with Gasteiger partial charge in [0.05, 0.1) is 30.4 Å². The lowest BCUT2D eigenvalue weighted by molar-refractivity contribution is 0.0926. The second kappa shape index (κ2) is 6.51. The summed E-state index contributed by atoms with van der Waals surface area (Å²) in [6, 6.07) is 15.4. The average Bonchev–Trinajstić information content (AvgIpc) is 3.51. The van der Waals surface area contributed by atoms with Gasteiger partial charge in [0.15, 0.2) is 0 Å². The van der Waals surface area contributed by atoms with Crippen molar-refractivity contribution in [1.29, 1.82) is 0 Å². The molecule has 1 atom stereocenters. The molecule has 5 nitrogen and oxygen atoms in total. The van der Waals surface area contributed by atoms with Crippen LogP contribution in [0, 0.1) is 5.92 Å². The summed E-state index contributed by atoms with van der Waals surface area (Å²) >= 11 is 0. The molecule has 1 unspecified atom stereocenters. The van der Waals surface area contributed by atoms with Crippen molar-refractivity contribution in [1.82, 2.24) is 15.3 Å². The van der Waals surface area contributed by atoms with Crippen molar-refractivity contribution in [3.8, 4) is 5.75 Å². The van der Waals surface area contributed by atoms with Crippen LogP contribution in [0.2, 0.25) is 0 Å². The first-order chi connectivity index (χ1) is 12.2. The van der Waals surface area contributed by atoms with Gasteiger partial charge in [0.25, 0.3) is 5.91 Å². The SMILES string of the molecule is COc1ccc(C(NC(=O)c2cnc3ccccc3n2)C2CC2)cc1. The maximum Gasteiger partial charge on any atom is 0.271 e. The summed E-state index contributed by atoms with van der Waals surface area (Å²) in [5, 5.41) is 3.13. The Morgan fingerprint density at radius 1 is 1.12 bits per heavy atom. The predicted molar refractivity (Wildman–Crippen MR) is 95.5 cm³/mol. The fourth-order valence-electron chi connectivity index (χ4n) is 3.00. The van der Waals surface area contributed by atoms with Crippen molar-refractivity contribution in [3.63, 3.8) is 0 Å². The van der Waals surface area contributed by atoms with Crippen LogP contribution in [0.25, 0.3) is 11.0 Å². The minimum Gasteiger partial charge on any atom is -0.497 e. The van der Waals surface area contributed by atoms with Gasteiger partial charge in [-0.1, -0.05) is 24.3 Å². The third-order valence-electron chi connectivity index (χ3n) is 4.54. The Balaban J connectivity index is 1.57. The maximum absolute atomic E-state index is 12.7. The number of rotatable bonds is 5. The minimum atomic E-state index is -0.189. The third-order valence-corrected chi connectivity index (χ3v) is 4.54. The molecule has 1 aliphatic rings. The smallest absolute Gasteiger partial charge is 0.271 e. The number of methoxy groups -OCH3 is 1. The quantitative estimate of drug-likeness (QED) is 0.776. The van der Waals surface area contributed by atoms with Crippen molar-refractivity contribution < 1.29 is 9.53 Å². The first-order valence-corrected chi connectivity index (χ1v) is 8.41. The Morgan fingerprint density at radius 3 is 2.52 bits per heavy atom. The lowest BCUT2D eigenvalue weighted by atomic mass is 10.0. The van der Waals surface area contributed by atoms with E-state index >= 15 is 0 Å². The Bertz CT molecular complexity index is 904. The molecular formula is C20H19N3O2. The lowest BCUT2D eigenvalue weighted by Crippen LogP contribution is -2.30. The molecule has 1 heterocycles. The molecule has 1 aliphatic carbocycles. The van der Waals surface area contributed by atoms with Crippen molar-refractivity contribution in [2.24, 2.45) is 5.92 Å². The van der Waals surface area contributed by atoms with Crippen LogP contribution in [0.15, 0.2) is 54.7 Å². The number of para-hydroxylation sites is 2. The predicted octanol–water partition coefficient (Wildman–Crippen LogP) is 3.52. The molecule has 0 radical (unpaired) electrons. The van der Waals surface area contributed by atoms with Crippen molar-refractivity contribution in [3.05, 3.63) is 66.0 Å². The van der Waals surface area contributed by atoms with E-state index in [1.165, 1.54) is 6.20 Å². The van der Waals surface area contributed by atoms with Gasteiger partial charge in [-0.3, -0.25) is 9.78 Å². The maximum atomic E-state index is 12.7. The van der Waals surface area contributed by atoms with Gasteiger partial charge in [-0.15, -0.1) is 0 Å². The molecule has 0 spiro atoms. The monoisotopic (exact) mass is 333 g/mol. The summed E-state index contributed by atoms with van der Waals surface area (Å²) in [7, 11) is 1.65. The number of amides is 1.